The number of nitrogens with zero attached hydrogens (tertiary/aromatic N) is 4. The third-order valence-electron chi connectivity index (χ3n) is 7.13. The fraction of sp³-hybridized carbons (Fsp3) is 0.345. The number of carbonyl (C=O) groups excluding carboxylic acids is 1. The van der Waals surface area contributed by atoms with Crippen LogP contribution in [0.5, 0.6) is 5.75 Å². The van der Waals surface area contributed by atoms with Crippen LogP contribution in [-0.2, 0) is 13.0 Å². The molecule has 3 aromatic carbocycles. The molecule has 2 aliphatic rings. The Morgan fingerprint density at radius 3 is 2.35 bits per heavy atom. The number of hydrogen-bond donors (Lipinski definition) is 0. The molecule has 0 saturated carbocycles. The minimum absolute atomic E-state index is 0.0121. The van der Waals surface area contributed by atoms with Gasteiger partial charge in [-0.25, -0.2) is 0 Å². The van der Waals surface area contributed by atoms with Crippen LogP contribution in [0.2, 0.25) is 0 Å². The van der Waals surface area contributed by atoms with E-state index in [1.165, 1.54) is 11.1 Å². The van der Waals surface area contributed by atoms with Crippen molar-refractivity contribution in [2.24, 2.45) is 0 Å². The maximum atomic E-state index is 13.0. The lowest BCUT2D eigenvalue weighted by Gasteiger charge is -2.37. The minimum atomic E-state index is -0.297. The number of hydrogen-bond acceptors (Lipinski definition) is 6. The summed E-state index contributed by atoms with van der Waals surface area (Å²) in [5.74, 6) is 0.785. The quantitative estimate of drug-likeness (QED) is 0.339. The number of rotatable bonds is 7. The highest BCUT2D eigenvalue weighted by Gasteiger charge is 2.27. The van der Waals surface area contributed by atoms with Crippen molar-refractivity contribution >= 4 is 23.0 Å². The lowest BCUT2D eigenvalue weighted by atomic mass is 9.99. The Morgan fingerprint density at radius 2 is 1.65 bits per heavy atom. The van der Waals surface area contributed by atoms with Gasteiger partial charge in [0, 0.05) is 56.6 Å². The third kappa shape index (κ3) is 5.38. The van der Waals surface area contributed by atoms with E-state index in [1.807, 2.05) is 53.4 Å². The van der Waals surface area contributed by atoms with E-state index in [9.17, 15) is 14.9 Å². The van der Waals surface area contributed by atoms with Crippen molar-refractivity contribution in [1.82, 2.24) is 4.90 Å². The summed E-state index contributed by atoms with van der Waals surface area (Å²) in [4.78, 5) is 30.8. The second-order valence-corrected chi connectivity index (χ2v) is 9.52. The van der Waals surface area contributed by atoms with Crippen molar-refractivity contribution in [3.05, 3.63) is 93.5 Å². The summed E-state index contributed by atoms with van der Waals surface area (Å²) in [5, 5.41) is 11.8. The van der Waals surface area contributed by atoms with E-state index in [0.29, 0.717) is 50.6 Å². The Labute approximate surface area is 217 Å². The second-order valence-electron chi connectivity index (χ2n) is 9.52. The molecule has 0 spiro atoms. The van der Waals surface area contributed by atoms with Crippen LogP contribution in [0.4, 0.5) is 17.1 Å². The van der Waals surface area contributed by atoms with Crippen molar-refractivity contribution in [1.29, 1.82) is 0 Å². The molecule has 0 unspecified atom stereocenters. The highest BCUT2D eigenvalue weighted by atomic mass is 16.6. The molecule has 1 saturated heterocycles. The molecule has 37 heavy (non-hydrogen) atoms. The maximum absolute atomic E-state index is 13.0. The molecule has 1 fully saturated rings. The van der Waals surface area contributed by atoms with Gasteiger partial charge in [-0.2, -0.15) is 0 Å². The smallest absolute Gasteiger partial charge is 0.292 e. The van der Waals surface area contributed by atoms with E-state index in [4.69, 9.17) is 4.74 Å². The number of fused-ring (bicyclic) bond motifs is 1. The number of piperazine rings is 1. The van der Waals surface area contributed by atoms with Gasteiger partial charge in [0.2, 0.25) is 0 Å². The molecule has 5 rings (SSSR count). The van der Waals surface area contributed by atoms with E-state index in [2.05, 4.69) is 28.9 Å². The molecule has 0 radical (unpaired) electrons. The summed E-state index contributed by atoms with van der Waals surface area (Å²) in [6, 6.07) is 21.0. The number of nitro groups is 1. The zero-order chi connectivity index (χ0) is 25.8. The Hall–Kier alpha value is -4.07. The molecule has 1 amide bonds. The molecule has 0 aromatic heterocycles. The summed E-state index contributed by atoms with van der Waals surface area (Å²) < 4.78 is 5.62. The first-order valence-electron chi connectivity index (χ1n) is 12.9. The molecular formula is C29H32N4O4. The van der Waals surface area contributed by atoms with Gasteiger partial charge in [0.15, 0.2) is 0 Å². The summed E-state index contributed by atoms with van der Waals surface area (Å²) in [5.41, 5.74) is 4.90. The van der Waals surface area contributed by atoms with E-state index in [-0.39, 0.29) is 16.5 Å². The molecular weight excluding hydrogens is 468 g/mol. The normalized spacial score (nSPS) is 15.3. The highest BCUT2D eigenvalue weighted by Crippen LogP contribution is 2.36. The first-order chi connectivity index (χ1) is 18.0. The van der Waals surface area contributed by atoms with Crippen LogP contribution < -0.4 is 14.5 Å². The molecule has 3 aromatic rings. The molecule has 192 valence electrons. The van der Waals surface area contributed by atoms with E-state index >= 15 is 0 Å². The molecule has 0 N–H and O–H groups in total. The molecule has 0 aliphatic carbocycles. The number of carbonyl (C=O) groups is 1. The average molecular weight is 501 g/mol. The van der Waals surface area contributed by atoms with Crippen molar-refractivity contribution in [3.8, 4) is 5.75 Å². The van der Waals surface area contributed by atoms with Crippen LogP contribution in [0.3, 0.4) is 0 Å². The van der Waals surface area contributed by atoms with Crippen molar-refractivity contribution in [3.63, 3.8) is 0 Å². The topological polar surface area (TPSA) is 79.2 Å². The third-order valence-corrected chi connectivity index (χ3v) is 7.13. The standard InChI is InChI=1S/C29H32N4O4/c1-2-19-37-26-10-7-23(8-11-26)29(34)31-17-15-30(16-18-31)25-9-12-27(33(35)36)28(20-25)32-14-13-22-5-3-4-6-24(22)21-32/h3-12,20H,2,13-19,21H2,1H3. The van der Waals surface area contributed by atoms with Gasteiger partial charge in [0.1, 0.15) is 11.4 Å². The van der Waals surface area contributed by atoms with Crippen molar-refractivity contribution in [2.75, 3.05) is 49.1 Å². The predicted molar refractivity (Wildman–Crippen MR) is 145 cm³/mol. The highest BCUT2D eigenvalue weighted by molar-refractivity contribution is 5.94. The lowest BCUT2D eigenvalue weighted by molar-refractivity contribution is -0.384. The Bertz CT molecular complexity index is 1270. The van der Waals surface area contributed by atoms with E-state index in [1.54, 1.807) is 6.07 Å². The molecule has 8 nitrogen and oxygen atoms in total. The maximum Gasteiger partial charge on any atom is 0.292 e. The van der Waals surface area contributed by atoms with Gasteiger partial charge in [0.25, 0.3) is 11.6 Å². The summed E-state index contributed by atoms with van der Waals surface area (Å²) in [6.07, 6.45) is 1.80. The predicted octanol–water partition coefficient (Wildman–Crippen LogP) is 4.91. The van der Waals surface area contributed by atoms with E-state index < -0.39 is 0 Å². The number of anilines is 2. The number of benzene rings is 3. The van der Waals surface area contributed by atoms with Crippen molar-refractivity contribution < 1.29 is 14.5 Å². The summed E-state index contributed by atoms with van der Waals surface area (Å²) in [6.45, 7) is 6.64. The average Bonchev–Trinajstić information content (AvgIpc) is 2.95. The monoisotopic (exact) mass is 500 g/mol. The second kappa shape index (κ2) is 10.9. The van der Waals surface area contributed by atoms with E-state index in [0.717, 1.165) is 30.8 Å². The molecule has 8 heteroatoms. The van der Waals surface area contributed by atoms with Crippen LogP contribution in [0, 0.1) is 10.1 Å². The number of amides is 1. The largest absolute Gasteiger partial charge is 0.494 e. The molecule has 0 bridgehead atoms. The van der Waals surface area contributed by atoms with Crippen LogP contribution >= 0.6 is 0 Å². The van der Waals surface area contributed by atoms with Gasteiger partial charge >= 0.3 is 0 Å². The molecule has 2 heterocycles. The van der Waals surface area contributed by atoms with Crippen LogP contribution in [-0.4, -0.2) is 55.1 Å². The van der Waals surface area contributed by atoms with Gasteiger partial charge in [0.05, 0.1) is 11.5 Å². The first-order valence-corrected chi connectivity index (χ1v) is 12.9. The number of ether oxygens (including phenoxy) is 1. The van der Waals surface area contributed by atoms with Gasteiger partial charge < -0.3 is 19.4 Å². The summed E-state index contributed by atoms with van der Waals surface area (Å²) in [7, 11) is 0. The van der Waals surface area contributed by atoms with Crippen molar-refractivity contribution in [2.45, 2.75) is 26.3 Å². The van der Waals surface area contributed by atoms with Gasteiger partial charge in [-0.1, -0.05) is 31.2 Å². The Balaban J connectivity index is 1.27. The SMILES string of the molecule is CCCOc1ccc(C(=O)N2CCN(c3ccc([N+](=O)[O-])c(N4CCc5ccccc5C4)c3)CC2)cc1. The fourth-order valence-corrected chi connectivity index (χ4v) is 5.08. The molecule has 2 aliphatic heterocycles. The Morgan fingerprint density at radius 1 is 0.919 bits per heavy atom. The zero-order valence-corrected chi connectivity index (χ0v) is 21.1. The van der Waals surface area contributed by atoms with Crippen LogP contribution in [0.15, 0.2) is 66.7 Å². The number of nitro benzene ring substituents is 1. The van der Waals surface area contributed by atoms with Crippen LogP contribution in [0.1, 0.15) is 34.8 Å². The molecule has 0 atom stereocenters. The zero-order valence-electron chi connectivity index (χ0n) is 21.1. The first kappa shape index (κ1) is 24.6. The lowest BCUT2D eigenvalue weighted by Crippen LogP contribution is -2.48. The summed E-state index contributed by atoms with van der Waals surface area (Å²) >= 11 is 0. The Kier molecular flexibility index (Phi) is 7.25. The fourth-order valence-electron chi connectivity index (χ4n) is 5.08. The van der Waals surface area contributed by atoms with Gasteiger partial charge in [-0.05, 0) is 60.4 Å². The minimum Gasteiger partial charge on any atom is -0.494 e. The van der Waals surface area contributed by atoms with Gasteiger partial charge in [-0.3, -0.25) is 14.9 Å². The van der Waals surface area contributed by atoms with Gasteiger partial charge in [-0.15, -0.1) is 0 Å². The van der Waals surface area contributed by atoms with Crippen LogP contribution in [0.25, 0.3) is 0 Å².